The van der Waals surface area contributed by atoms with Gasteiger partial charge in [0.2, 0.25) is 17.7 Å². The number of amides is 3. The van der Waals surface area contributed by atoms with Crippen molar-refractivity contribution >= 4 is 17.7 Å². The molecule has 4 aromatic carbocycles. The van der Waals surface area contributed by atoms with Gasteiger partial charge in [0.05, 0.1) is 31.4 Å². The quantitative estimate of drug-likeness (QED) is 0.0921. The van der Waals surface area contributed by atoms with Crippen LogP contribution < -0.4 is 26.0 Å². The fourth-order valence-corrected chi connectivity index (χ4v) is 6.80. The summed E-state index contributed by atoms with van der Waals surface area (Å²) in [6, 6.07) is 29.1. The van der Waals surface area contributed by atoms with Gasteiger partial charge in [-0.25, -0.2) is 0 Å². The molecule has 7 N–H and O–H groups in total. The molecule has 0 saturated heterocycles. The summed E-state index contributed by atoms with van der Waals surface area (Å²) < 4.78 is 5.29. The fourth-order valence-electron chi connectivity index (χ4n) is 6.80. The average molecular weight is 737 g/mol. The Bertz CT molecular complexity index is 1830. The summed E-state index contributed by atoms with van der Waals surface area (Å²) in [7, 11) is 1.57. The minimum absolute atomic E-state index is 0.0668. The fraction of sp³-hybridized carbons (Fsp3) is 0.372. The van der Waals surface area contributed by atoms with E-state index in [1.54, 1.807) is 52.1 Å². The van der Waals surface area contributed by atoms with Gasteiger partial charge in [0, 0.05) is 19.4 Å². The Morgan fingerprint density at radius 3 is 1.94 bits per heavy atom. The number of hydrogen-bond acceptors (Lipinski definition) is 8. The Morgan fingerprint density at radius 1 is 0.741 bits per heavy atom. The molecule has 1 aliphatic carbocycles. The Labute approximate surface area is 317 Å². The number of methoxy groups -OCH3 is 1. The van der Waals surface area contributed by atoms with Gasteiger partial charge in [0.1, 0.15) is 23.9 Å². The molecule has 0 heterocycles. The standard InChI is InChI=1S/C43H52N4O7/c1-43(2,3)39(47-40(51)35(49)24-28-15-9-6-10-16-28)42(53)45-33(23-27-13-7-5-8-14-27)38(50)37(44-26-29-19-21-31(54-4)22-20-29)41(52)46-36-32-18-12-11-17-30(32)25-34(36)48/h5-22,33-39,44,48-50H,23-26H2,1-4H3,(H,45,53)(H,46,52)(H,47,51)/t33-,34+,35?,36?,37+,38+,39+/m0/s1. The van der Waals surface area contributed by atoms with Gasteiger partial charge in [-0.05, 0) is 51.8 Å². The van der Waals surface area contributed by atoms with E-state index in [0.717, 1.165) is 27.8 Å². The van der Waals surface area contributed by atoms with Crippen LogP contribution in [-0.2, 0) is 40.2 Å². The molecule has 11 nitrogen and oxygen atoms in total. The van der Waals surface area contributed by atoms with E-state index in [0.29, 0.717) is 12.2 Å². The van der Waals surface area contributed by atoms with Crippen LogP contribution in [0.1, 0.15) is 54.6 Å². The number of ether oxygens (including phenoxy) is 1. The molecule has 0 saturated carbocycles. The number of benzene rings is 4. The van der Waals surface area contributed by atoms with E-state index >= 15 is 0 Å². The lowest BCUT2D eigenvalue weighted by atomic mass is 9.85. The molecule has 0 spiro atoms. The molecule has 54 heavy (non-hydrogen) atoms. The van der Waals surface area contributed by atoms with Crippen molar-refractivity contribution in [2.24, 2.45) is 5.41 Å². The third-order valence-electron chi connectivity index (χ3n) is 9.84. The first-order chi connectivity index (χ1) is 25.8. The molecule has 0 bridgehead atoms. The van der Waals surface area contributed by atoms with Gasteiger partial charge in [0.25, 0.3) is 0 Å². The number of aliphatic hydroxyl groups is 3. The zero-order valence-corrected chi connectivity index (χ0v) is 31.2. The Kier molecular flexibility index (Phi) is 13.6. The second-order valence-electron chi connectivity index (χ2n) is 15.0. The Balaban J connectivity index is 1.41. The Hall–Kier alpha value is -5.07. The lowest BCUT2D eigenvalue weighted by Gasteiger charge is -2.35. The highest BCUT2D eigenvalue weighted by atomic mass is 16.5. The predicted molar refractivity (Wildman–Crippen MR) is 206 cm³/mol. The number of nitrogens with one attached hydrogen (secondary N) is 4. The zero-order valence-electron chi connectivity index (χ0n) is 31.2. The van der Waals surface area contributed by atoms with E-state index in [9.17, 15) is 29.7 Å². The molecule has 5 rings (SSSR count). The van der Waals surface area contributed by atoms with Crippen LogP contribution in [0, 0.1) is 5.41 Å². The van der Waals surface area contributed by atoms with Crippen molar-refractivity contribution in [2.75, 3.05) is 7.11 Å². The monoisotopic (exact) mass is 736 g/mol. The lowest BCUT2D eigenvalue weighted by molar-refractivity contribution is -0.137. The SMILES string of the molecule is COc1ccc(CN[C@@H](C(=O)NC2c3ccccc3C[C@H]2O)[C@H](O)[C@H](Cc2ccccc2)NC(=O)[C@@H](NC(=O)C(O)Cc2ccccc2)C(C)(C)C)cc1. The highest BCUT2D eigenvalue weighted by Gasteiger charge is 2.40. The largest absolute Gasteiger partial charge is 0.497 e. The molecule has 11 heteroatoms. The minimum atomic E-state index is -1.49. The second-order valence-corrected chi connectivity index (χ2v) is 15.0. The molecule has 0 fully saturated rings. The van der Waals surface area contributed by atoms with E-state index < -0.39 is 65.6 Å². The summed E-state index contributed by atoms with van der Waals surface area (Å²) in [5.74, 6) is -1.19. The first-order valence-corrected chi connectivity index (χ1v) is 18.3. The third-order valence-corrected chi connectivity index (χ3v) is 9.84. The number of rotatable bonds is 16. The molecule has 3 amide bonds. The van der Waals surface area contributed by atoms with Gasteiger partial charge < -0.3 is 36.0 Å². The molecular formula is C43H52N4O7. The summed E-state index contributed by atoms with van der Waals surface area (Å²) in [5, 5.41) is 45.9. The summed E-state index contributed by atoms with van der Waals surface area (Å²) in [5.41, 5.74) is 3.31. The number of hydrogen-bond donors (Lipinski definition) is 7. The van der Waals surface area contributed by atoms with Crippen molar-refractivity contribution < 1.29 is 34.4 Å². The number of carbonyl (C=O) groups excluding carboxylic acids is 3. The van der Waals surface area contributed by atoms with E-state index in [1.165, 1.54) is 0 Å². The topological polar surface area (TPSA) is 169 Å². The van der Waals surface area contributed by atoms with Crippen LogP contribution in [0.25, 0.3) is 0 Å². The van der Waals surface area contributed by atoms with Gasteiger partial charge in [-0.3, -0.25) is 19.7 Å². The van der Waals surface area contributed by atoms with E-state index in [-0.39, 0.29) is 19.4 Å². The van der Waals surface area contributed by atoms with Crippen molar-refractivity contribution in [3.63, 3.8) is 0 Å². The first-order valence-electron chi connectivity index (χ1n) is 18.3. The highest BCUT2D eigenvalue weighted by molar-refractivity contribution is 5.90. The molecule has 0 aliphatic heterocycles. The van der Waals surface area contributed by atoms with Gasteiger partial charge >= 0.3 is 0 Å². The van der Waals surface area contributed by atoms with Crippen molar-refractivity contribution in [3.05, 3.63) is 137 Å². The van der Waals surface area contributed by atoms with Crippen LogP contribution in [0.4, 0.5) is 0 Å². The molecule has 7 atom stereocenters. The molecule has 0 radical (unpaired) electrons. The summed E-state index contributed by atoms with van der Waals surface area (Å²) in [6.07, 6.45) is -3.16. The second kappa shape index (κ2) is 18.3. The summed E-state index contributed by atoms with van der Waals surface area (Å²) in [4.78, 5) is 41.8. The molecule has 286 valence electrons. The average Bonchev–Trinajstić information content (AvgIpc) is 3.47. The van der Waals surface area contributed by atoms with E-state index in [2.05, 4.69) is 21.3 Å². The van der Waals surface area contributed by atoms with Crippen LogP contribution >= 0.6 is 0 Å². The van der Waals surface area contributed by atoms with Gasteiger partial charge in [-0.1, -0.05) is 118 Å². The summed E-state index contributed by atoms with van der Waals surface area (Å²) in [6.45, 7) is 5.57. The third kappa shape index (κ3) is 10.5. The van der Waals surface area contributed by atoms with E-state index in [1.807, 2.05) is 84.9 Å². The van der Waals surface area contributed by atoms with Crippen LogP contribution in [0.5, 0.6) is 5.75 Å². The Morgan fingerprint density at radius 2 is 1.33 bits per heavy atom. The first kappa shape index (κ1) is 40.1. The maximum atomic E-state index is 14.3. The van der Waals surface area contributed by atoms with Crippen molar-refractivity contribution in [1.82, 2.24) is 21.3 Å². The predicted octanol–water partition coefficient (Wildman–Crippen LogP) is 3.15. The lowest BCUT2D eigenvalue weighted by Crippen LogP contribution is -2.63. The summed E-state index contributed by atoms with van der Waals surface area (Å²) >= 11 is 0. The molecule has 2 unspecified atom stereocenters. The van der Waals surface area contributed by atoms with Gasteiger partial charge in [0.15, 0.2) is 0 Å². The minimum Gasteiger partial charge on any atom is -0.497 e. The maximum absolute atomic E-state index is 14.3. The maximum Gasteiger partial charge on any atom is 0.249 e. The van der Waals surface area contributed by atoms with E-state index in [4.69, 9.17) is 4.74 Å². The number of aliphatic hydroxyl groups excluding tert-OH is 3. The molecule has 1 aliphatic rings. The van der Waals surface area contributed by atoms with Gasteiger partial charge in [-0.15, -0.1) is 0 Å². The van der Waals surface area contributed by atoms with Crippen LogP contribution in [0.3, 0.4) is 0 Å². The highest BCUT2D eigenvalue weighted by Crippen LogP contribution is 2.31. The van der Waals surface area contributed by atoms with Crippen molar-refractivity contribution in [1.29, 1.82) is 0 Å². The van der Waals surface area contributed by atoms with Crippen LogP contribution in [0.15, 0.2) is 109 Å². The molecule has 0 aromatic heterocycles. The normalized spacial score (nSPS) is 18.0. The van der Waals surface area contributed by atoms with Crippen LogP contribution in [-0.4, -0.2) is 76.6 Å². The van der Waals surface area contributed by atoms with Crippen LogP contribution in [0.2, 0.25) is 0 Å². The number of carbonyl (C=O) groups is 3. The van der Waals surface area contributed by atoms with Crippen molar-refractivity contribution in [3.8, 4) is 5.75 Å². The number of fused-ring (bicyclic) bond motifs is 1. The smallest absolute Gasteiger partial charge is 0.249 e. The molecule has 4 aromatic rings. The molecular weight excluding hydrogens is 684 g/mol. The van der Waals surface area contributed by atoms with Crippen molar-refractivity contribution in [2.45, 2.75) is 89.1 Å². The zero-order chi connectivity index (χ0) is 38.8. The van der Waals surface area contributed by atoms with Gasteiger partial charge in [-0.2, -0.15) is 0 Å².